The minimum Gasteiger partial charge on any atom is -0.507 e. The standard InChI is InChI=1S/C50H56O8Si/c1-47(2,3)35-39(51)21-15-17-23-31-29(21)25(43(35)55)19-27(33(31)45(57)37(41(23)53)49(7,8)9)59(13,14)28-20-26-30-22(40(52)36(44(26)56)48(4,5)6)16-18-24-32(30)34(28)46(58)38(42(24)54)50(10,11)12/h15-20,51-58H,1-14H3. The van der Waals surface area contributed by atoms with Crippen LogP contribution in [0.1, 0.15) is 105 Å². The average Bonchev–Trinajstić information content (AvgIpc) is 3.08. The van der Waals surface area contributed by atoms with Gasteiger partial charge in [0.2, 0.25) is 0 Å². The Kier molecular flexibility index (Phi) is 8.05. The number of aromatic hydroxyl groups is 8. The van der Waals surface area contributed by atoms with Gasteiger partial charge in [-0.25, -0.2) is 0 Å². The second kappa shape index (κ2) is 11.8. The molecule has 0 bridgehead atoms. The Balaban J connectivity index is 1.69. The Hall–Kier alpha value is -5.54. The molecule has 8 aromatic carbocycles. The molecule has 0 aliphatic heterocycles. The van der Waals surface area contributed by atoms with E-state index >= 15 is 0 Å². The van der Waals surface area contributed by atoms with Gasteiger partial charge >= 0.3 is 0 Å². The third kappa shape index (κ3) is 5.19. The third-order valence-electron chi connectivity index (χ3n) is 12.8. The molecule has 8 N–H and O–H groups in total. The molecule has 0 fully saturated rings. The predicted molar refractivity (Wildman–Crippen MR) is 245 cm³/mol. The SMILES string of the molecule is CC(C)(C)c1c(O)c2ccc3c(O)c(C(C)(C)C)c(O)c4c([Si](C)(C)c5cc6c(O)c(C(C)(C)C)c(O)c7ccc8c(O)c(C(C)(C)C)c(O)c5c8c76)cc(c1O)c2c34. The van der Waals surface area contributed by atoms with Gasteiger partial charge in [0.25, 0.3) is 0 Å². The Morgan fingerprint density at radius 2 is 0.525 bits per heavy atom. The van der Waals surface area contributed by atoms with Gasteiger partial charge in [-0.15, -0.1) is 0 Å². The van der Waals surface area contributed by atoms with Crippen molar-refractivity contribution < 1.29 is 40.9 Å². The number of phenols is 8. The zero-order valence-corrected chi connectivity index (χ0v) is 37.5. The summed E-state index contributed by atoms with van der Waals surface area (Å²) in [5, 5.41) is 105. The molecule has 0 aliphatic carbocycles. The van der Waals surface area contributed by atoms with Gasteiger partial charge in [0.1, 0.15) is 54.1 Å². The van der Waals surface area contributed by atoms with Gasteiger partial charge in [-0.1, -0.05) is 108 Å². The van der Waals surface area contributed by atoms with Gasteiger partial charge in [0.15, 0.2) is 0 Å². The van der Waals surface area contributed by atoms with E-state index in [4.69, 9.17) is 0 Å². The summed E-state index contributed by atoms with van der Waals surface area (Å²) < 4.78 is 0. The molecule has 0 amide bonds. The summed E-state index contributed by atoms with van der Waals surface area (Å²) >= 11 is 0. The van der Waals surface area contributed by atoms with Gasteiger partial charge in [-0.05, 0) is 56.3 Å². The normalized spacial score (nSPS) is 13.8. The maximum atomic E-state index is 12.6. The largest absolute Gasteiger partial charge is 0.507 e. The summed E-state index contributed by atoms with van der Waals surface area (Å²) in [6, 6.07) is 10.8. The lowest BCUT2D eigenvalue weighted by Crippen LogP contribution is -2.53. The van der Waals surface area contributed by atoms with Crippen LogP contribution in [0.4, 0.5) is 0 Å². The van der Waals surface area contributed by atoms with Gasteiger partial charge in [0, 0.05) is 86.9 Å². The molecular formula is C50H56O8Si. The fourth-order valence-corrected chi connectivity index (χ4v) is 13.3. The smallest absolute Gasteiger partial charge is 0.130 e. The molecule has 8 rings (SSSR count). The highest BCUT2D eigenvalue weighted by molar-refractivity contribution is 7.03. The Labute approximate surface area is 345 Å². The summed E-state index contributed by atoms with van der Waals surface area (Å²) in [7, 11) is -3.39. The van der Waals surface area contributed by atoms with E-state index in [-0.39, 0.29) is 46.0 Å². The van der Waals surface area contributed by atoms with E-state index in [0.717, 1.165) is 0 Å². The molecule has 0 aromatic heterocycles. The van der Waals surface area contributed by atoms with Crippen LogP contribution in [-0.4, -0.2) is 48.9 Å². The number of hydrogen-bond acceptors (Lipinski definition) is 8. The third-order valence-corrected chi connectivity index (χ3v) is 16.3. The molecule has 0 atom stereocenters. The number of phenolic OH excluding ortho intramolecular Hbond substituents is 8. The van der Waals surface area contributed by atoms with Crippen molar-refractivity contribution in [1.82, 2.24) is 0 Å². The zero-order chi connectivity index (χ0) is 43.8. The van der Waals surface area contributed by atoms with Crippen molar-refractivity contribution in [1.29, 1.82) is 0 Å². The maximum absolute atomic E-state index is 12.6. The van der Waals surface area contributed by atoms with E-state index in [1.54, 1.807) is 24.3 Å². The molecule has 308 valence electrons. The fourth-order valence-electron chi connectivity index (χ4n) is 10.3. The van der Waals surface area contributed by atoms with Crippen LogP contribution in [0.2, 0.25) is 13.1 Å². The first-order valence-electron chi connectivity index (χ1n) is 20.3. The van der Waals surface area contributed by atoms with Crippen LogP contribution in [-0.2, 0) is 21.7 Å². The van der Waals surface area contributed by atoms with E-state index in [1.165, 1.54) is 0 Å². The van der Waals surface area contributed by atoms with Crippen LogP contribution in [0.3, 0.4) is 0 Å². The summed E-state index contributed by atoms with van der Waals surface area (Å²) in [6.07, 6.45) is 0. The van der Waals surface area contributed by atoms with E-state index in [0.29, 0.717) is 97.3 Å². The quantitative estimate of drug-likeness (QED) is 0.0632. The summed E-state index contributed by atoms with van der Waals surface area (Å²) in [6.45, 7) is 27.2. The Morgan fingerprint density at radius 3 is 0.780 bits per heavy atom. The van der Waals surface area contributed by atoms with Crippen molar-refractivity contribution in [3.63, 3.8) is 0 Å². The first-order valence-corrected chi connectivity index (χ1v) is 23.3. The van der Waals surface area contributed by atoms with Crippen molar-refractivity contribution in [3.8, 4) is 46.0 Å². The second-order valence-corrected chi connectivity index (χ2v) is 25.8. The first kappa shape index (κ1) is 40.2. The second-order valence-electron chi connectivity index (χ2n) is 21.4. The van der Waals surface area contributed by atoms with Crippen LogP contribution < -0.4 is 10.4 Å². The summed E-state index contributed by atoms with van der Waals surface area (Å²) in [5.41, 5.74) is -1.37. The molecule has 0 unspecified atom stereocenters. The minimum atomic E-state index is -3.39. The topological polar surface area (TPSA) is 162 Å². The average molecular weight is 813 g/mol. The lowest BCUT2D eigenvalue weighted by Gasteiger charge is -2.34. The van der Waals surface area contributed by atoms with Crippen molar-refractivity contribution in [2.24, 2.45) is 0 Å². The molecule has 0 aliphatic rings. The van der Waals surface area contributed by atoms with E-state index in [9.17, 15) is 40.9 Å². The van der Waals surface area contributed by atoms with Gasteiger partial charge < -0.3 is 40.9 Å². The maximum Gasteiger partial charge on any atom is 0.130 e. The summed E-state index contributed by atoms with van der Waals surface area (Å²) in [4.78, 5) is 0. The molecule has 0 radical (unpaired) electrons. The highest BCUT2D eigenvalue weighted by Gasteiger charge is 2.41. The molecule has 0 spiro atoms. The Bertz CT molecular complexity index is 2920. The molecule has 59 heavy (non-hydrogen) atoms. The van der Waals surface area contributed by atoms with Crippen LogP contribution in [0.25, 0.3) is 64.6 Å². The molecule has 9 heteroatoms. The van der Waals surface area contributed by atoms with Crippen LogP contribution in [0.5, 0.6) is 46.0 Å². The van der Waals surface area contributed by atoms with E-state index in [2.05, 4.69) is 13.1 Å². The van der Waals surface area contributed by atoms with Crippen LogP contribution in [0.15, 0.2) is 36.4 Å². The summed E-state index contributed by atoms with van der Waals surface area (Å²) in [5.74, 6) is -0.797. The molecule has 0 saturated heterocycles. The van der Waals surface area contributed by atoms with Crippen molar-refractivity contribution in [2.45, 2.75) is 118 Å². The molecule has 0 heterocycles. The zero-order valence-electron chi connectivity index (χ0n) is 36.5. The highest BCUT2D eigenvalue weighted by atomic mass is 28.3. The molecule has 8 nitrogen and oxygen atoms in total. The predicted octanol–water partition coefficient (Wildman–Crippen LogP) is 11.1. The molecular weight excluding hydrogens is 757 g/mol. The van der Waals surface area contributed by atoms with Crippen LogP contribution in [0, 0.1) is 0 Å². The van der Waals surface area contributed by atoms with Crippen molar-refractivity contribution in [2.75, 3.05) is 0 Å². The first-order chi connectivity index (χ1) is 27.0. The monoisotopic (exact) mass is 812 g/mol. The van der Waals surface area contributed by atoms with Crippen molar-refractivity contribution >= 4 is 83.1 Å². The highest BCUT2D eigenvalue weighted by Crippen LogP contribution is 2.57. The van der Waals surface area contributed by atoms with Gasteiger partial charge in [-0.2, -0.15) is 0 Å². The van der Waals surface area contributed by atoms with Crippen molar-refractivity contribution in [3.05, 3.63) is 58.7 Å². The lowest BCUT2D eigenvalue weighted by molar-refractivity contribution is 0.416. The Morgan fingerprint density at radius 1 is 0.305 bits per heavy atom. The van der Waals surface area contributed by atoms with Gasteiger partial charge in [-0.3, -0.25) is 0 Å². The number of hydrogen-bond donors (Lipinski definition) is 8. The van der Waals surface area contributed by atoms with E-state index < -0.39 is 29.7 Å². The fraction of sp³-hybridized carbons (Fsp3) is 0.360. The number of rotatable bonds is 2. The van der Waals surface area contributed by atoms with E-state index in [1.807, 2.05) is 95.2 Å². The lowest BCUT2D eigenvalue weighted by atomic mass is 9.79. The number of benzene rings is 8. The van der Waals surface area contributed by atoms with Crippen LogP contribution >= 0.6 is 0 Å². The van der Waals surface area contributed by atoms with Gasteiger partial charge in [0.05, 0.1) is 0 Å². The minimum absolute atomic E-state index is 0.0759. The molecule has 8 aromatic rings. The molecule has 0 saturated carbocycles.